The SMILES string of the molecule is O=C(Nc1ccc(SC(C(=O)Nc2cc(Cl)ccc2Cl)c2ccccc2)cc1)c1cccs1. The molecule has 2 amide bonds. The van der Waals surface area contributed by atoms with Crippen LogP contribution in [0.4, 0.5) is 11.4 Å². The average molecular weight is 513 g/mol. The number of nitrogens with one attached hydrogen (secondary N) is 2. The van der Waals surface area contributed by atoms with Gasteiger partial charge in [0.15, 0.2) is 0 Å². The first-order valence-corrected chi connectivity index (χ1v) is 12.4. The van der Waals surface area contributed by atoms with Gasteiger partial charge in [0, 0.05) is 15.6 Å². The molecule has 3 aromatic carbocycles. The predicted molar refractivity (Wildman–Crippen MR) is 139 cm³/mol. The molecular weight excluding hydrogens is 495 g/mol. The highest BCUT2D eigenvalue weighted by Crippen LogP contribution is 2.37. The van der Waals surface area contributed by atoms with Crippen molar-refractivity contribution in [2.75, 3.05) is 10.6 Å². The molecule has 33 heavy (non-hydrogen) atoms. The first-order chi connectivity index (χ1) is 16.0. The topological polar surface area (TPSA) is 58.2 Å². The van der Waals surface area contributed by atoms with Crippen molar-refractivity contribution in [3.63, 3.8) is 0 Å². The Balaban J connectivity index is 1.51. The number of rotatable bonds is 7. The lowest BCUT2D eigenvalue weighted by molar-refractivity contribution is -0.115. The van der Waals surface area contributed by atoms with Crippen LogP contribution in [0.15, 0.2) is 95.2 Å². The zero-order valence-corrected chi connectivity index (χ0v) is 20.3. The quantitative estimate of drug-likeness (QED) is 0.248. The molecule has 0 aliphatic rings. The second-order valence-corrected chi connectivity index (χ2v) is 9.95. The van der Waals surface area contributed by atoms with Crippen LogP contribution in [-0.2, 0) is 4.79 Å². The molecule has 0 bridgehead atoms. The highest BCUT2D eigenvalue weighted by molar-refractivity contribution is 8.00. The number of thiophene rings is 1. The van der Waals surface area contributed by atoms with Gasteiger partial charge in [-0.3, -0.25) is 9.59 Å². The van der Waals surface area contributed by atoms with Crippen molar-refractivity contribution in [2.24, 2.45) is 0 Å². The fraction of sp³-hybridized carbons (Fsp3) is 0.0400. The van der Waals surface area contributed by atoms with Gasteiger partial charge in [-0.05, 0) is 59.5 Å². The Kier molecular flexibility index (Phi) is 7.73. The molecule has 4 nitrogen and oxygen atoms in total. The van der Waals surface area contributed by atoms with Gasteiger partial charge in [0.1, 0.15) is 5.25 Å². The van der Waals surface area contributed by atoms with Crippen LogP contribution in [-0.4, -0.2) is 11.8 Å². The summed E-state index contributed by atoms with van der Waals surface area (Å²) in [5.74, 6) is -0.365. The summed E-state index contributed by atoms with van der Waals surface area (Å²) in [5, 5.41) is 8.01. The van der Waals surface area contributed by atoms with Gasteiger partial charge in [-0.1, -0.05) is 59.6 Å². The number of carbonyl (C=O) groups is 2. The second-order valence-electron chi connectivity index (χ2n) is 6.98. The maximum absolute atomic E-state index is 13.2. The van der Waals surface area contributed by atoms with E-state index in [2.05, 4.69) is 10.6 Å². The lowest BCUT2D eigenvalue weighted by atomic mass is 10.1. The van der Waals surface area contributed by atoms with Crippen LogP contribution in [0.1, 0.15) is 20.5 Å². The molecule has 8 heteroatoms. The van der Waals surface area contributed by atoms with Crippen molar-refractivity contribution < 1.29 is 9.59 Å². The van der Waals surface area contributed by atoms with Crippen molar-refractivity contribution in [3.05, 3.63) is 111 Å². The minimum atomic E-state index is -0.521. The van der Waals surface area contributed by atoms with Crippen LogP contribution in [0.3, 0.4) is 0 Å². The summed E-state index contributed by atoms with van der Waals surface area (Å²) in [5.41, 5.74) is 2.00. The lowest BCUT2D eigenvalue weighted by Gasteiger charge is -2.18. The molecule has 2 N–H and O–H groups in total. The Morgan fingerprint density at radius 2 is 1.61 bits per heavy atom. The molecule has 1 aromatic heterocycles. The number of benzene rings is 3. The highest BCUT2D eigenvalue weighted by atomic mass is 35.5. The van der Waals surface area contributed by atoms with E-state index in [1.165, 1.54) is 23.1 Å². The lowest BCUT2D eigenvalue weighted by Crippen LogP contribution is -2.19. The van der Waals surface area contributed by atoms with Crippen molar-refractivity contribution in [2.45, 2.75) is 10.1 Å². The summed E-state index contributed by atoms with van der Waals surface area (Å²) in [6, 6.07) is 25.5. The molecule has 4 rings (SSSR count). The summed E-state index contributed by atoms with van der Waals surface area (Å²) in [6.07, 6.45) is 0. The zero-order chi connectivity index (χ0) is 23.2. The fourth-order valence-electron chi connectivity index (χ4n) is 3.05. The third kappa shape index (κ3) is 6.18. The van der Waals surface area contributed by atoms with Crippen LogP contribution in [0.25, 0.3) is 0 Å². The fourth-order valence-corrected chi connectivity index (χ4v) is 5.03. The Labute approximate surface area is 209 Å². The molecule has 1 atom stereocenters. The number of hydrogen-bond donors (Lipinski definition) is 2. The van der Waals surface area contributed by atoms with Gasteiger partial charge < -0.3 is 10.6 Å². The molecule has 4 aromatic rings. The number of hydrogen-bond acceptors (Lipinski definition) is 4. The number of halogens is 2. The molecule has 0 aliphatic heterocycles. The van der Waals surface area contributed by atoms with Gasteiger partial charge in [-0.15, -0.1) is 23.1 Å². The molecule has 0 aliphatic carbocycles. The Morgan fingerprint density at radius 1 is 0.848 bits per heavy atom. The van der Waals surface area contributed by atoms with Gasteiger partial charge >= 0.3 is 0 Å². The minimum Gasteiger partial charge on any atom is -0.323 e. The summed E-state index contributed by atoms with van der Waals surface area (Å²) in [6.45, 7) is 0. The van der Waals surface area contributed by atoms with Crippen molar-refractivity contribution in [1.82, 2.24) is 0 Å². The molecule has 0 saturated carbocycles. The maximum atomic E-state index is 13.2. The number of amides is 2. The van der Waals surface area contributed by atoms with Crippen LogP contribution in [0, 0.1) is 0 Å². The largest absolute Gasteiger partial charge is 0.323 e. The third-order valence-corrected chi connectivity index (χ3v) is 7.34. The van der Waals surface area contributed by atoms with Crippen molar-refractivity contribution in [3.8, 4) is 0 Å². The standard InChI is InChI=1S/C25H18Cl2N2O2S2/c26-17-8-13-20(27)21(15-17)29-25(31)23(16-5-2-1-3-6-16)33-19-11-9-18(10-12-19)28-24(30)22-7-4-14-32-22/h1-15,23H,(H,28,30)(H,29,31). The van der Waals surface area contributed by atoms with Gasteiger partial charge in [0.05, 0.1) is 15.6 Å². The van der Waals surface area contributed by atoms with E-state index in [4.69, 9.17) is 23.2 Å². The molecule has 166 valence electrons. The first kappa shape index (κ1) is 23.4. The Hall–Kier alpha value is -2.77. The molecule has 0 saturated heterocycles. The molecular formula is C25H18Cl2N2O2S2. The molecule has 1 unspecified atom stereocenters. The maximum Gasteiger partial charge on any atom is 0.265 e. The molecule has 0 spiro atoms. The summed E-state index contributed by atoms with van der Waals surface area (Å²) >= 11 is 15.1. The van der Waals surface area contributed by atoms with Gasteiger partial charge in [-0.25, -0.2) is 0 Å². The minimum absolute atomic E-state index is 0.148. The predicted octanol–water partition coefficient (Wildman–Crippen LogP) is 7.78. The summed E-state index contributed by atoms with van der Waals surface area (Å²) < 4.78 is 0. The van der Waals surface area contributed by atoms with E-state index in [9.17, 15) is 9.59 Å². The number of carbonyl (C=O) groups excluding carboxylic acids is 2. The van der Waals surface area contributed by atoms with E-state index in [1.807, 2.05) is 66.0 Å². The zero-order valence-electron chi connectivity index (χ0n) is 17.1. The van der Waals surface area contributed by atoms with E-state index >= 15 is 0 Å². The second kappa shape index (κ2) is 10.9. The van der Waals surface area contributed by atoms with Gasteiger partial charge in [-0.2, -0.15) is 0 Å². The molecule has 0 radical (unpaired) electrons. The van der Waals surface area contributed by atoms with Crippen LogP contribution in [0.2, 0.25) is 10.0 Å². The average Bonchev–Trinajstić information content (AvgIpc) is 3.37. The van der Waals surface area contributed by atoms with E-state index in [0.29, 0.717) is 26.3 Å². The summed E-state index contributed by atoms with van der Waals surface area (Å²) in [7, 11) is 0. The van der Waals surface area contributed by atoms with Crippen LogP contribution >= 0.6 is 46.3 Å². The monoisotopic (exact) mass is 512 g/mol. The smallest absolute Gasteiger partial charge is 0.265 e. The van der Waals surface area contributed by atoms with Gasteiger partial charge in [0.25, 0.3) is 5.91 Å². The molecule has 1 heterocycles. The van der Waals surface area contributed by atoms with E-state index in [-0.39, 0.29) is 11.8 Å². The van der Waals surface area contributed by atoms with Crippen LogP contribution in [0.5, 0.6) is 0 Å². The van der Waals surface area contributed by atoms with E-state index < -0.39 is 5.25 Å². The number of thioether (sulfide) groups is 1. The summed E-state index contributed by atoms with van der Waals surface area (Å²) in [4.78, 5) is 27.0. The van der Waals surface area contributed by atoms with Gasteiger partial charge in [0.2, 0.25) is 5.91 Å². The van der Waals surface area contributed by atoms with E-state index in [0.717, 1.165) is 10.5 Å². The first-order valence-electron chi connectivity index (χ1n) is 9.92. The Morgan fingerprint density at radius 3 is 2.30 bits per heavy atom. The van der Waals surface area contributed by atoms with E-state index in [1.54, 1.807) is 24.3 Å². The third-order valence-electron chi connectivity index (χ3n) is 4.64. The van der Waals surface area contributed by atoms with Crippen molar-refractivity contribution >= 4 is 69.5 Å². The molecule has 0 fully saturated rings. The Bertz CT molecular complexity index is 1250. The van der Waals surface area contributed by atoms with Crippen molar-refractivity contribution in [1.29, 1.82) is 0 Å². The van der Waals surface area contributed by atoms with Crippen LogP contribution < -0.4 is 10.6 Å². The normalized spacial score (nSPS) is 11.6. The number of anilines is 2. The highest BCUT2D eigenvalue weighted by Gasteiger charge is 2.23.